The lowest BCUT2D eigenvalue weighted by Gasteiger charge is -2.12. The number of hydrogen-bond donors (Lipinski definition) is 1. The zero-order valence-corrected chi connectivity index (χ0v) is 14.9. The smallest absolute Gasteiger partial charge is 0.262 e. The predicted octanol–water partition coefficient (Wildman–Crippen LogP) is 4.19. The van der Waals surface area contributed by atoms with E-state index in [1.807, 2.05) is 6.07 Å². The van der Waals surface area contributed by atoms with Crippen LogP contribution in [0.4, 0.5) is 5.69 Å². The first-order valence-electron chi connectivity index (χ1n) is 5.82. The van der Waals surface area contributed by atoms with Crippen molar-refractivity contribution in [2.45, 2.75) is 11.8 Å². The van der Waals surface area contributed by atoms with E-state index in [0.717, 1.165) is 4.47 Å². The fraction of sp³-hybridized carbons (Fsp3) is 0.0714. The number of sulfonamides is 1. The first-order valence-corrected chi connectivity index (χ1v) is 8.89. The lowest BCUT2D eigenvalue weighted by Crippen LogP contribution is -2.14. The quantitative estimate of drug-likeness (QED) is 0.794. The van der Waals surface area contributed by atoms with Crippen molar-refractivity contribution in [1.82, 2.24) is 0 Å². The van der Waals surface area contributed by atoms with E-state index >= 15 is 0 Å². The van der Waals surface area contributed by atoms with Gasteiger partial charge >= 0.3 is 0 Å². The maximum Gasteiger partial charge on any atom is 0.262 e. The molecule has 0 heterocycles. The molecule has 0 unspecified atom stereocenters. The van der Waals surface area contributed by atoms with Crippen molar-refractivity contribution in [3.63, 3.8) is 0 Å². The van der Waals surface area contributed by atoms with Gasteiger partial charge in [-0.25, -0.2) is 8.42 Å². The van der Waals surface area contributed by atoms with Crippen LogP contribution in [0.3, 0.4) is 0 Å². The Morgan fingerprint density at radius 3 is 2.52 bits per heavy atom. The van der Waals surface area contributed by atoms with E-state index in [9.17, 15) is 8.42 Å². The summed E-state index contributed by atoms with van der Waals surface area (Å²) >= 11 is 6.60. The fourth-order valence-corrected chi connectivity index (χ4v) is 3.92. The normalized spacial score (nSPS) is 11.0. The zero-order chi connectivity index (χ0) is 15.6. The van der Waals surface area contributed by atoms with Gasteiger partial charge in [0, 0.05) is 8.95 Å². The number of hydrogen-bond acceptors (Lipinski definition) is 3. The summed E-state index contributed by atoms with van der Waals surface area (Å²) in [5.74, 6) is 0. The molecule has 2 aromatic rings. The van der Waals surface area contributed by atoms with Gasteiger partial charge in [-0.05, 0) is 58.7 Å². The Labute approximate surface area is 140 Å². The molecular weight excluding hydrogens is 420 g/mol. The first kappa shape index (κ1) is 16.0. The van der Waals surface area contributed by atoms with Crippen molar-refractivity contribution in [3.8, 4) is 6.07 Å². The van der Waals surface area contributed by atoms with Crippen molar-refractivity contribution in [2.24, 2.45) is 0 Å². The van der Waals surface area contributed by atoms with Gasteiger partial charge in [0.1, 0.15) is 0 Å². The van der Waals surface area contributed by atoms with Gasteiger partial charge in [0.15, 0.2) is 0 Å². The number of aryl methyl sites for hydroxylation is 1. The number of nitrogens with zero attached hydrogens (tertiary/aromatic N) is 1. The molecule has 0 radical (unpaired) electrons. The summed E-state index contributed by atoms with van der Waals surface area (Å²) in [6.07, 6.45) is 0. The molecule has 0 amide bonds. The van der Waals surface area contributed by atoms with Gasteiger partial charge in [0.2, 0.25) is 0 Å². The van der Waals surface area contributed by atoms with Crippen LogP contribution in [0, 0.1) is 18.3 Å². The third-order valence-corrected chi connectivity index (χ3v) is 5.47. The average Bonchev–Trinajstić information content (AvgIpc) is 2.43. The van der Waals surface area contributed by atoms with Crippen molar-refractivity contribution in [2.75, 3.05) is 4.72 Å². The van der Waals surface area contributed by atoms with E-state index in [4.69, 9.17) is 5.26 Å². The van der Waals surface area contributed by atoms with Crippen LogP contribution in [0.5, 0.6) is 0 Å². The van der Waals surface area contributed by atoms with Crippen LogP contribution >= 0.6 is 31.9 Å². The molecule has 1 N–H and O–H groups in total. The summed E-state index contributed by atoms with van der Waals surface area (Å²) in [6, 6.07) is 11.7. The molecule has 4 nitrogen and oxygen atoms in total. The van der Waals surface area contributed by atoms with E-state index in [2.05, 4.69) is 36.6 Å². The minimum absolute atomic E-state index is 0.0911. The van der Waals surface area contributed by atoms with Crippen molar-refractivity contribution >= 4 is 47.6 Å². The van der Waals surface area contributed by atoms with Crippen LogP contribution in [0.25, 0.3) is 0 Å². The van der Waals surface area contributed by atoms with Crippen LogP contribution in [-0.2, 0) is 10.0 Å². The second-order valence-electron chi connectivity index (χ2n) is 4.32. The van der Waals surface area contributed by atoms with Gasteiger partial charge in [-0.3, -0.25) is 4.72 Å². The van der Waals surface area contributed by atoms with Gasteiger partial charge in [-0.2, -0.15) is 5.26 Å². The summed E-state index contributed by atoms with van der Waals surface area (Å²) in [5, 5.41) is 8.91. The number of benzene rings is 2. The highest BCUT2D eigenvalue weighted by Crippen LogP contribution is 2.29. The molecule has 0 aromatic heterocycles. The van der Waals surface area contributed by atoms with Gasteiger partial charge in [0.05, 0.1) is 22.2 Å². The molecule has 0 saturated carbocycles. The SMILES string of the molecule is Cc1ccc(C#N)cc1S(=O)(=O)Nc1cc(Br)ccc1Br. The van der Waals surface area contributed by atoms with E-state index in [0.29, 0.717) is 21.3 Å². The van der Waals surface area contributed by atoms with E-state index in [1.54, 1.807) is 37.3 Å². The van der Waals surface area contributed by atoms with Crippen LogP contribution < -0.4 is 4.72 Å². The van der Waals surface area contributed by atoms with Crippen molar-refractivity contribution in [3.05, 3.63) is 56.5 Å². The lowest BCUT2D eigenvalue weighted by atomic mass is 10.2. The number of halogens is 2. The molecule has 21 heavy (non-hydrogen) atoms. The molecule has 0 aliphatic rings. The average molecular weight is 430 g/mol. The Morgan fingerprint density at radius 1 is 1.14 bits per heavy atom. The summed E-state index contributed by atoms with van der Waals surface area (Å²) in [7, 11) is -3.77. The van der Waals surface area contributed by atoms with Crippen molar-refractivity contribution < 1.29 is 8.42 Å². The summed E-state index contributed by atoms with van der Waals surface area (Å²) in [4.78, 5) is 0.0911. The molecule has 0 bridgehead atoms. The fourth-order valence-electron chi connectivity index (χ4n) is 1.73. The third-order valence-electron chi connectivity index (χ3n) is 2.78. The highest BCUT2D eigenvalue weighted by Gasteiger charge is 2.19. The van der Waals surface area contributed by atoms with Gasteiger partial charge < -0.3 is 0 Å². The molecular formula is C14H10Br2N2O2S. The molecule has 7 heteroatoms. The Morgan fingerprint density at radius 2 is 1.86 bits per heavy atom. The highest BCUT2D eigenvalue weighted by atomic mass is 79.9. The van der Waals surface area contributed by atoms with E-state index < -0.39 is 10.0 Å². The van der Waals surface area contributed by atoms with Gasteiger partial charge in [0.25, 0.3) is 10.0 Å². The largest absolute Gasteiger partial charge is 0.278 e. The molecule has 0 saturated heterocycles. The van der Waals surface area contributed by atoms with Gasteiger partial charge in [-0.15, -0.1) is 0 Å². The van der Waals surface area contributed by atoms with Crippen LogP contribution in [0.15, 0.2) is 50.2 Å². The summed E-state index contributed by atoms with van der Waals surface area (Å²) in [6.45, 7) is 1.69. The molecule has 2 rings (SSSR count). The van der Waals surface area contributed by atoms with Crippen LogP contribution in [-0.4, -0.2) is 8.42 Å². The number of nitriles is 1. The monoisotopic (exact) mass is 428 g/mol. The summed E-state index contributed by atoms with van der Waals surface area (Å²) < 4.78 is 28.9. The molecule has 0 fully saturated rings. The molecule has 0 aliphatic carbocycles. The standard InChI is InChI=1S/C14H10Br2N2O2S/c1-9-2-3-10(8-17)6-14(9)21(19,20)18-13-7-11(15)4-5-12(13)16/h2-7,18H,1H3. The highest BCUT2D eigenvalue weighted by molar-refractivity contribution is 9.11. The second kappa shape index (κ2) is 6.18. The number of nitrogens with one attached hydrogen (secondary N) is 1. The molecule has 108 valence electrons. The Bertz CT molecular complexity index is 843. The van der Waals surface area contributed by atoms with Crippen molar-refractivity contribution in [1.29, 1.82) is 5.26 Å². The third kappa shape index (κ3) is 3.64. The van der Waals surface area contributed by atoms with Crippen LogP contribution in [0.2, 0.25) is 0 Å². The molecule has 0 aliphatic heterocycles. The zero-order valence-electron chi connectivity index (χ0n) is 10.9. The Balaban J connectivity index is 2.48. The maximum atomic E-state index is 12.5. The number of rotatable bonds is 3. The minimum Gasteiger partial charge on any atom is -0.278 e. The van der Waals surface area contributed by atoms with Gasteiger partial charge in [-0.1, -0.05) is 22.0 Å². The van der Waals surface area contributed by atoms with E-state index in [1.165, 1.54) is 6.07 Å². The topological polar surface area (TPSA) is 70.0 Å². The summed E-state index contributed by atoms with van der Waals surface area (Å²) in [5.41, 5.74) is 1.30. The molecule has 0 spiro atoms. The van der Waals surface area contributed by atoms with Crippen LogP contribution in [0.1, 0.15) is 11.1 Å². The van der Waals surface area contributed by atoms with E-state index in [-0.39, 0.29) is 4.90 Å². The Kier molecular flexibility index (Phi) is 4.71. The number of anilines is 1. The maximum absolute atomic E-state index is 12.5. The lowest BCUT2D eigenvalue weighted by molar-refractivity contribution is 0.600. The predicted molar refractivity (Wildman–Crippen MR) is 88.5 cm³/mol. The molecule has 0 atom stereocenters. The minimum atomic E-state index is -3.77. The second-order valence-corrected chi connectivity index (χ2v) is 7.74. The first-order chi connectivity index (χ1) is 9.83. The Hall–Kier alpha value is -1.36. The molecule has 2 aromatic carbocycles.